The lowest BCUT2D eigenvalue weighted by molar-refractivity contribution is -0.115. The summed E-state index contributed by atoms with van der Waals surface area (Å²) < 4.78 is 1.36. The summed E-state index contributed by atoms with van der Waals surface area (Å²) in [6.07, 6.45) is 3.25. The third-order valence-electron chi connectivity index (χ3n) is 2.25. The fourth-order valence-electron chi connectivity index (χ4n) is 1.45. The quantitative estimate of drug-likeness (QED) is 0.705. The van der Waals surface area contributed by atoms with Gasteiger partial charge in [-0.3, -0.25) is 19.7 Å². The van der Waals surface area contributed by atoms with Crippen molar-refractivity contribution in [1.29, 1.82) is 0 Å². The lowest BCUT2D eigenvalue weighted by Crippen LogP contribution is -2.30. The van der Waals surface area contributed by atoms with Crippen molar-refractivity contribution >= 4 is 24.1 Å². The maximum Gasteiger partial charge on any atom is 0.252 e. The average Bonchev–Trinajstić information content (AvgIpc) is 2.98. The van der Waals surface area contributed by atoms with E-state index in [4.69, 9.17) is 5.73 Å². The van der Waals surface area contributed by atoms with E-state index in [2.05, 4.69) is 10.4 Å². The molecule has 96 valence electrons. The Morgan fingerprint density at radius 1 is 1.33 bits per heavy atom. The summed E-state index contributed by atoms with van der Waals surface area (Å²) in [5, 5.41) is 0. The van der Waals surface area contributed by atoms with Gasteiger partial charge in [-0.2, -0.15) is 0 Å². The van der Waals surface area contributed by atoms with Gasteiger partial charge in [0.15, 0.2) is 0 Å². The van der Waals surface area contributed by atoms with E-state index in [0.717, 1.165) is 0 Å². The molecule has 0 aliphatic rings. The molecule has 0 aliphatic heterocycles. The molecule has 0 unspecified atom stereocenters. The molecular formula is C11H13ClN4O2. The van der Waals surface area contributed by atoms with E-state index < -0.39 is 0 Å². The molecule has 7 heteroatoms. The van der Waals surface area contributed by atoms with Crippen molar-refractivity contribution < 1.29 is 9.59 Å². The SMILES string of the molecule is Cl.NCC(=O)Nn1cccc1C(=O)c1ccc[nH]1. The van der Waals surface area contributed by atoms with Crippen LogP contribution < -0.4 is 11.2 Å². The van der Waals surface area contributed by atoms with Crippen molar-refractivity contribution in [2.45, 2.75) is 0 Å². The molecular weight excluding hydrogens is 256 g/mol. The number of nitrogens with two attached hydrogens (primary N) is 1. The Kier molecular flexibility index (Phi) is 4.70. The van der Waals surface area contributed by atoms with Gasteiger partial charge in [-0.25, -0.2) is 0 Å². The van der Waals surface area contributed by atoms with E-state index in [1.807, 2.05) is 0 Å². The third-order valence-corrected chi connectivity index (χ3v) is 2.25. The second-order valence-electron chi connectivity index (χ2n) is 3.42. The number of halogens is 1. The van der Waals surface area contributed by atoms with Crippen molar-refractivity contribution in [3.05, 3.63) is 48.0 Å². The number of rotatable bonds is 4. The smallest absolute Gasteiger partial charge is 0.252 e. The molecule has 2 aromatic rings. The van der Waals surface area contributed by atoms with Crippen molar-refractivity contribution in [3.8, 4) is 0 Å². The van der Waals surface area contributed by atoms with Crippen LogP contribution in [0.3, 0.4) is 0 Å². The fourth-order valence-corrected chi connectivity index (χ4v) is 1.45. The van der Waals surface area contributed by atoms with Crippen LogP contribution in [-0.2, 0) is 4.79 Å². The first kappa shape index (κ1) is 14.0. The number of hydrogen-bond acceptors (Lipinski definition) is 3. The van der Waals surface area contributed by atoms with Gasteiger partial charge >= 0.3 is 0 Å². The van der Waals surface area contributed by atoms with Gasteiger partial charge in [-0.05, 0) is 24.3 Å². The first-order chi connectivity index (χ1) is 8.22. The van der Waals surface area contributed by atoms with E-state index in [0.29, 0.717) is 11.4 Å². The molecule has 0 radical (unpaired) electrons. The van der Waals surface area contributed by atoms with Crippen molar-refractivity contribution in [2.24, 2.45) is 5.73 Å². The number of H-pyrrole nitrogens is 1. The number of nitrogens with one attached hydrogen (secondary N) is 2. The van der Waals surface area contributed by atoms with E-state index in [-0.39, 0.29) is 30.6 Å². The summed E-state index contributed by atoms with van der Waals surface area (Å²) in [6.45, 7) is -0.131. The summed E-state index contributed by atoms with van der Waals surface area (Å²) in [5.41, 5.74) is 8.53. The zero-order chi connectivity index (χ0) is 12.3. The second kappa shape index (κ2) is 6.04. The average molecular weight is 269 g/mol. The van der Waals surface area contributed by atoms with Crippen molar-refractivity contribution in [1.82, 2.24) is 9.66 Å². The molecule has 0 saturated heterocycles. The zero-order valence-corrected chi connectivity index (χ0v) is 10.2. The standard InChI is InChI=1S/C11H12N4O2.ClH/c12-7-10(16)14-15-6-2-4-9(15)11(17)8-3-1-5-13-8;/h1-6,13H,7,12H2,(H,14,16);1H. The van der Waals surface area contributed by atoms with Gasteiger partial charge in [0.05, 0.1) is 12.2 Å². The van der Waals surface area contributed by atoms with Crippen LogP contribution in [0, 0.1) is 0 Å². The summed E-state index contributed by atoms with van der Waals surface area (Å²) in [7, 11) is 0. The Hall–Kier alpha value is -2.05. The summed E-state index contributed by atoms with van der Waals surface area (Å²) >= 11 is 0. The summed E-state index contributed by atoms with van der Waals surface area (Å²) in [6, 6.07) is 6.70. The molecule has 0 saturated carbocycles. The molecule has 0 aromatic carbocycles. The molecule has 0 bridgehead atoms. The minimum Gasteiger partial charge on any atom is -0.358 e. The minimum atomic E-state index is -0.360. The molecule has 2 heterocycles. The van der Waals surface area contributed by atoms with E-state index in [9.17, 15) is 9.59 Å². The number of carbonyl (C=O) groups excluding carboxylic acids is 2. The highest BCUT2D eigenvalue weighted by Gasteiger charge is 2.14. The topological polar surface area (TPSA) is 92.9 Å². The maximum absolute atomic E-state index is 12.0. The number of aromatic amines is 1. The lowest BCUT2D eigenvalue weighted by atomic mass is 10.2. The number of aromatic nitrogens is 2. The van der Waals surface area contributed by atoms with Crippen LogP contribution in [0.1, 0.15) is 16.2 Å². The first-order valence-electron chi connectivity index (χ1n) is 5.07. The van der Waals surface area contributed by atoms with Crippen LogP contribution in [-0.4, -0.2) is 27.9 Å². The predicted octanol–water partition coefficient (Wildman–Crippen LogP) is 0.498. The third kappa shape index (κ3) is 2.79. The van der Waals surface area contributed by atoms with Crippen LogP contribution >= 0.6 is 12.4 Å². The molecule has 2 rings (SSSR count). The van der Waals surface area contributed by atoms with Crippen LogP contribution in [0.5, 0.6) is 0 Å². The summed E-state index contributed by atoms with van der Waals surface area (Å²) in [4.78, 5) is 26.0. The molecule has 0 fully saturated rings. The van der Waals surface area contributed by atoms with Crippen molar-refractivity contribution in [2.75, 3.05) is 12.0 Å². The molecule has 0 atom stereocenters. The van der Waals surface area contributed by atoms with Crippen LogP contribution in [0.2, 0.25) is 0 Å². The number of amides is 1. The Morgan fingerprint density at radius 2 is 2.11 bits per heavy atom. The van der Waals surface area contributed by atoms with Gasteiger partial charge in [-0.1, -0.05) is 0 Å². The van der Waals surface area contributed by atoms with Crippen LogP contribution in [0.25, 0.3) is 0 Å². The van der Waals surface area contributed by atoms with Crippen LogP contribution in [0.15, 0.2) is 36.7 Å². The molecule has 18 heavy (non-hydrogen) atoms. The Morgan fingerprint density at radius 3 is 2.72 bits per heavy atom. The molecule has 0 aliphatic carbocycles. The Balaban J connectivity index is 0.00000162. The maximum atomic E-state index is 12.0. The predicted molar refractivity (Wildman–Crippen MR) is 69.3 cm³/mol. The zero-order valence-electron chi connectivity index (χ0n) is 9.42. The summed E-state index contributed by atoms with van der Waals surface area (Å²) in [5.74, 6) is -0.556. The van der Waals surface area contributed by atoms with E-state index >= 15 is 0 Å². The van der Waals surface area contributed by atoms with Gasteiger partial charge in [-0.15, -0.1) is 12.4 Å². The number of nitrogens with zero attached hydrogens (tertiary/aromatic N) is 1. The second-order valence-corrected chi connectivity index (χ2v) is 3.42. The molecule has 2 aromatic heterocycles. The normalized spacial score (nSPS) is 9.61. The highest BCUT2D eigenvalue weighted by Crippen LogP contribution is 2.07. The van der Waals surface area contributed by atoms with E-state index in [1.165, 1.54) is 4.68 Å². The molecule has 4 N–H and O–H groups in total. The highest BCUT2D eigenvalue weighted by molar-refractivity contribution is 6.07. The lowest BCUT2D eigenvalue weighted by Gasteiger charge is -2.08. The van der Waals surface area contributed by atoms with Crippen LogP contribution in [0.4, 0.5) is 0 Å². The highest BCUT2D eigenvalue weighted by atomic mass is 35.5. The molecule has 6 nitrogen and oxygen atoms in total. The largest absolute Gasteiger partial charge is 0.358 e. The Labute approximate surface area is 110 Å². The Bertz CT molecular complexity index is 533. The van der Waals surface area contributed by atoms with Gasteiger partial charge in [0.25, 0.3) is 5.91 Å². The van der Waals surface area contributed by atoms with Gasteiger partial charge < -0.3 is 10.7 Å². The monoisotopic (exact) mass is 268 g/mol. The number of ketones is 1. The van der Waals surface area contributed by atoms with Gasteiger partial charge in [0.1, 0.15) is 5.69 Å². The molecule has 0 spiro atoms. The fraction of sp³-hybridized carbons (Fsp3) is 0.0909. The van der Waals surface area contributed by atoms with Gasteiger partial charge in [0.2, 0.25) is 5.78 Å². The van der Waals surface area contributed by atoms with Gasteiger partial charge in [0, 0.05) is 12.4 Å². The molecule has 1 amide bonds. The first-order valence-corrected chi connectivity index (χ1v) is 5.07. The number of carbonyl (C=O) groups is 2. The number of hydrogen-bond donors (Lipinski definition) is 3. The minimum absolute atomic E-state index is 0. The van der Waals surface area contributed by atoms with E-state index in [1.54, 1.807) is 36.7 Å². The van der Waals surface area contributed by atoms with Crippen molar-refractivity contribution in [3.63, 3.8) is 0 Å².